The number of nitrogens with zero attached hydrogens (tertiary/aromatic N) is 4. The zero-order chi connectivity index (χ0) is 19.2. The van der Waals surface area contributed by atoms with Crippen molar-refractivity contribution >= 4 is 11.9 Å². The van der Waals surface area contributed by atoms with Crippen LogP contribution in [-0.4, -0.2) is 53.6 Å². The van der Waals surface area contributed by atoms with Crippen LogP contribution < -0.4 is 5.32 Å². The first-order valence-electron chi connectivity index (χ1n) is 9.17. The van der Waals surface area contributed by atoms with Gasteiger partial charge in [-0.25, -0.2) is 4.98 Å². The predicted molar refractivity (Wildman–Crippen MR) is 104 cm³/mol. The minimum Gasteiger partial charge on any atom is -0.469 e. The van der Waals surface area contributed by atoms with Crippen molar-refractivity contribution in [2.75, 3.05) is 27.2 Å². The fraction of sp³-hybridized carbons (Fsp3) is 0.450. The van der Waals surface area contributed by atoms with Gasteiger partial charge in [0.15, 0.2) is 5.96 Å². The minimum atomic E-state index is -0.145. The molecule has 1 aromatic heterocycles. The molecule has 2 heterocycles. The van der Waals surface area contributed by atoms with E-state index in [2.05, 4.69) is 51.4 Å². The van der Waals surface area contributed by atoms with Crippen molar-refractivity contribution in [3.05, 3.63) is 54.1 Å². The summed E-state index contributed by atoms with van der Waals surface area (Å²) >= 11 is 0. The topological polar surface area (TPSA) is 71.8 Å². The summed E-state index contributed by atoms with van der Waals surface area (Å²) in [4.78, 5) is 22.5. The van der Waals surface area contributed by atoms with E-state index in [-0.39, 0.29) is 17.8 Å². The van der Waals surface area contributed by atoms with E-state index >= 15 is 0 Å². The third-order valence-corrected chi connectivity index (χ3v) is 5.03. The van der Waals surface area contributed by atoms with Gasteiger partial charge in [0.2, 0.25) is 0 Å². The Morgan fingerprint density at radius 3 is 2.67 bits per heavy atom. The number of carbonyl (C=O) groups is 1. The molecule has 144 valence electrons. The number of nitrogens with one attached hydrogen (secondary N) is 1. The molecule has 0 aliphatic carbocycles. The van der Waals surface area contributed by atoms with E-state index in [0.717, 1.165) is 19.0 Å². The van der Waals surface area contributed by atoms with Crippen molar-refractivity contribution in [1.29, 1.82) is 0 Å². The van der Waals surface area contributed by atoms with Gasteiger partial charge in [-0.3, -0.25) is 9.79 Å². The summed E-state index contributed by atoms with van der Waals surface area (Å²) < 4.78 is 6.96. The third kappa shape index (κ3) is 4.67. The minimum absolute atomic E-state index is 0.101. The van der Waals surface area contributed by atoms with Crippen LogP contribution in [0.15, 0.2) is 48.0 Å². The molecule has 0 radical (unpaired) electrons. The lowest BCUT2D eigenvalue weighted by atomic mass is 9.99. The highest BCUT2D eigenvalue weighted by molar-refractivity contribution is 5.82. The Morgan fingerprint density at radius 1 is 1.30 bits per heavy atom. The van der Waals surface area contributed by atoms with Crippen LogP contribution in [0, 0.1) is 11.8 Å². The van der Waals surface area contributed by atoms with E-state index in [1.54, 1.807) is 13.2 Å². The van der Waals surface area contributed by atoms with Crippen LogP contribution >= 0.6 is 0 Å². The average Bonchev–Trinajstić information content (AvgIpc) is 3.33. The Balaban J connectivity index is 1.54. The lowest BCUT2D eigenvalue weighted by Gasteiger charge is -2.21. The number of guanidine groups is 1. The molecule has 1 aliphatic rings. The second-order valence-electron chi connectivity index (χ2n) is 6.96. The summed E-state index contributed by atoms with van der Waals surface area (Å²) in [6.07, 6.45) is 5.56. The van der Waals surface area contributed by atoms with Crippen LogP contribution in [-0.2, 0) is 22.6 Å². The number of aliphatic imine (C=N–C) groups is 1. The number of carbonyl (C=O) groups excluding carboxylic acids is 1. The first kappa shape index (κ1) is 18.9. The van der Waals surface area contributed by atoms with Crippen LogP contribution in [0.25, 0.3) is 0 Å². The number of methoxy groups -OCH3 is 1. The normalized spacial score (nSPS) is 20.0. The number of rotatable bonds is 5. The smallest absolute Gasteiger partial charge is 0.310 e. The predicted octanol–water partition coefficient (Wildman–Crippen LogP) is 1.75. The number of hydrogen-bond donors (Lipinski definition) is 1. The second-order valence-corrected chi connectivity index (χ2v) is 6.96. The van der Waals surface area contributed by atoms with Crippen molar-refractivity contribution in [2.45, 2.75) is 20.0 Å². The molecule has 1 aliphatic heterocycles. The Hall–Kier alpha value is -2.83. The van der Waals surface area contributed by atoms with Crippen molar-refractivity contribution in [2.24, 2.45) is 16.8 Å². The van der Waals surface area contributed by atoms with Crippen LogP contribution in [0.2, 0.25) is 0 Å². The van der Waals surface area contributed by atoms with Gasteiger partial charge in [0, 0.05) is 45.6 Å². The maximum absolute atomic E-state index is 11.9. The number of imidazole rings is 1. The lowest BCUT2D eigenvalue weighted by Crippen LogP contribution is -2.40. The summed E-state index contributed by atoms with van der Waals surface area (Å²) in [5, 5.41) is 3.40. The Morgan fingerprint density at radius 2 is 2.04 bits per heavy atom. The van der Waals surface area contributed by atoms with E-state index in [1.165, 1.54) is 18.2 Å². The van der Waals surface area contributed by atoms with Crippen LogP contribution in [0.1, 0.15) is 18.1 Å². The Kier molecular flexibility index (Phi) is 6.11. The number of esters is 1. The quantitative estimate of drug-likeness (QED) is 0.494. The maximum Gasteiger partial charge on any atom is 0.310 e. The van der Waals surface area contributed by atoms with Crippen LogP contribution in [0.4, 0.5) is 0 Å². The van der Waals surface area contributed by atoms with Gasteiger partial charge in [-0.2, -0.15) is 0 Å². The van der Waals surface area contributed by atoms with E-state index < -0.39 is 0 Å². The Bertz CT molecular complexity index is 770. The Labute approximate surface area is 160 Å². The molecule has 0 amide bonds. The lowest BCUT2D eigenvalue weighted by molar-refractivity contribution is -0.145. The fourth-order valence-corrected chi connectivity index (χ4v) is 3.46. The monoisotopic (exact) mass is 369 g/mol. The van der Waals surface area contributed by atoms with Crippen LogP contribution in [0.5, 0.6) is 0 Å². The van der Waals surface area contributed by atoms with Gasteiger partial charge in [-0.15, -0.1) is 0 Å². The van der Waals surface area contributed by atoms with Gasteiger partial charge in [-0.1, -0.05) is 31.2 Å². The maximum atomic E-state index is 11.9. The van der Waals surface area contributed by atoms with Crippen molar-refractivity contribution in [1.82, 2.24) is 19.8 Å². The molecule has 1 N–H and O–H groups in total. The molecule has 2 aromatic rings. The van der Waals surface area contributed by atoms with E-state index in [4.69, 9.17) is 4.74 Å². The highest BCUT2D eigenvalue weighted by Crippen LogP contribution is 2.24. The largest absolute Gasteiger partial charge is 0.469 e. The van der Waals surface area contributed by atoms with E-state index in [1.807, 2.05) is 17.1 Å². The highest BCUT2D eigenvalue weighted by Gasteiger charge is 2.36. The van der Waals surface area contributed by atoms with Gasteiger partial charge in [0.1, 0.15) is 0 Å². The van der Waals surface area contributed by atoms with Crippen LogP contribution in [0.3, 0.4) is 0 Å². The molecule has 1 aromatic carbocycles. The second kappa shape index (κ2) is 8.70. The number of likely N-dealkylation sites (tertiary alicyclic amines) is 1. The molecular weight excluding hydrogens is 342 g/mol. The van der Waals surface area contributed by atoms with Gasteiger partial charge >= 0.3 is 5.97 Å². The summed E-state index contributed by atoms with van der Waals surface area (Å²) in [5.74, 6) is 0.819. The van der Waals surface area contributed by atoms with E-state index in [9.17, 15) is 4.79 Å². The first-order valence-corrected chi connectivity index (χ1v) is 9.17. The molecule has 0 bridgehead atoms. The van der Waals surface area contributed by atoms with Gasteiger partial charge < -0.3 is 19.5 Å². The zero-order valence-corrected chi connectivity index (χ0v) is 16.1. The van der Waals surface area contributed by atoms with Gasteiger partial charge in [0.05, 0.1) is 19.4 Å². The molecule has 7 heteroatoms. The van der Waals surface area contributed by atoms with Gasteiger partial charge in [-0.05, 0) is 17.0 Å². The molecule has 2 unspecified atom stereocenters. The van der Waals surface area contributed by atoms with Crippen molar-refractivity contribution < 1.29 is 9.53 Å². The summed E-state index contributed by atoms with van der Waals surface area (Å²) in [6, 6.07) is 8.50. The fourth-order valence-electron chi connectivity index (χ4n) is 3.46. The third-order valence-electron chi connectivity index (χ3n) is 5.03. The summed E-state index contributed by atoms with van der Waals surface area (Å²) in [5.41, 5.74) is 2.41. The molecular formula is C20H27N5O2. The number of benzene rings is 1. The standard InChI is InChI=1S/C20H27N5O2/c1-15-11-25(13-18(15)19(26)27-3)20(21-2)23-10-16-4-6-17(7-5-16)12-24-9-8-22-14-24/h4-9,14-15,18H,10-13H2,1-3H3,(H,21,23). The SMILES string of the molecule is CN=C(NCc1ccc(Cn2ccnc2)cc1)N1CC(C)C(C(=O)OC)C1. The molecule has 0 spiro atoms. The summed E-state index contributed by atoms with van der Waals surface area (Å²) in [7, 11) is 3.22. The van der Waals surface area contributed by atoms with E-state index in [0.29, 0.717) is 13.1 Å². The molecule has 0 saturated carbocycles. The van der Waals surface area contributed by atoms with Gasteiger partial charge in [0.25, 0.3) is 0 Å². The number of ether oxygens (including phenoxy) is 1. The molecule has 3 rings (SSSR count). The molecule has 1 fully saturated rings. The highest BCUT2D eigenvalue weighted by atomic mass is 16.5. The zero-order valence-electron chi connectivity index (χ0n) is 16.1. The number of hydrogen-bond acceptors (Lipinski definition) is 4. The van der Waals surface area contributed by atoms with Crippen molar-refractivity contribution in [3.63, 3.8) is 0 Å². The first-order chi connectivity index (χ1) is 13.1. The summed E-state index contributed by atoms with van der Waals surface area (Å²) in [6.45, 7) is 5.01. The molecule has 2 atom stereocenters. The number of aromatic nitrogens is 2. The van der Waals surface area contributed by atoms with Crippen molar-refractivity contribution in [3.8, 4) is 0 Å². The molecule has 27 heavy (non-hydrogen) atoms. The average molecular weight is 369 g/mol. The molecule has 7 nitrogen and oxygen atoms in total. The molecule has 1 saturated heterocycles.